The number of nitrogens with zero attached hydrogens (tertiary/aromatic N) is 1. The number of fused-ring (bicyclic) bond motifs is 1. The Hall–Kier alpha value is -2.07. The van der Waals surface area contributed by atoms with Gasteiger partial charge < -0.3 is 10.6 Å². The Morgan fingerprint density at radius 2 is 2.10 bits per heavy atom. The molecule has 0 aliphatic carbocycles. The molecule has 0 unspecified atom stereocenters. The van der Waals surface area contributed by atoms with Crippen LogP contribution in [0.4, 0.5) is 15.8 Å². The van der Waals surface area contributed by atoms with Crippen molar-refractivity contribution in [3.8, 4) is 0 Å². The highest BCUT2D eigenvalue weighted by Gasteiger charge is 2.26. The average Bonchev–Trinajstić information content (AvgIpc) is 2.84. The summed E-state index contributed by atoms with van der Waals surface area (Å²) in [5.74, 6) is -0.835. The van der Waals surface area contributed by atoms with Gasteiger partial charge in [0, 0.05) is 23.5 Å². The molecule has 5 heteroatoms. The van der Waals surface area contributed by atoms with E-state index in [1.54, 1.807) is 4.90 Å². The molecule has 0 bridgehead atoms. The summed E-state index contributed by atoms with van der Waals surface area (Å²) in [6, 6.07) is 7.90. The molecule has 0 saturated heterocycles. The molecule has 2 aromatic rings. The second kappa shape index (κ2) is 5.04. The molecule has 3 rings (SSSR count). The third kappa shape index (κ3) is 2.36. The highest BCUT2D eigenvalue weighted by Crippen LogP contribution is 2.33. The molecule has 21 heavy (non-hydrogen) atoms. The topological polar surface area (TPSA) is 46.3 Å². The van der Waals surface area contributed by atoms with E-state index in [0.717, 1.165) is 23.2 Å². The minimum atomic E-state index is -0.592. The van der Waals surface area contributed by atoms with E-state index < -0.39 is 5.82 Å². The summed E-state index contributed by atoms with van der Waals surface area (Å²) in [6.07, 6.45) is 0.776. The summed E-state index contributed by atoms with van der Waals surface area (Å²) in [4.78, 5) is 14.2. The number of rotatable bonds is 1. The zero-order chi connectivity index (χ0) is 15.1. The number of carbonyl (C=O) groups excluding carboxylic acids is 1. The van der Waals surface area contributed by atoms with Crippen LogP contribution in [-0.4, -0.2) is 12.5 Å². The summed E-state index contributed by atoms with van der Waals surface area (Å²) in [7, 11) is 0. The smallest absolute Gasteiger partial charge is 0.258 e. The maximum Gasteiger partial charge on any atom is 0.258 e. The predicted molar refractivity (Wildman–Crippen MR) is 82.4 cm³/mol. The third-order valence-corrected chi connectivity index (χ3v) is 4.08. The zero-order valence-corrected chi connectivity index (χ0v) is 12.2. The average molecular weight is 305 g/mol. The van der Waals surface area contributed by atoms with Gasteiger partial charge in [0.1, 0.15) is 5.82 Å². The van der Waals surface area contributed by atoms with Crippen LogP contribution < -0.4 is 10.6 Å². The first-order valence-electron chi connectivity index (χ1n) is 6.63. The number of hydrogen-bond donors (Lipinski definition) is 1. The largest absolute Gasteiger partial charge is 0.398 e. The standard InChI is InChI=1S/C16H14ClFN2O/c1-9-6-10-4-5-20(15(10)8-14(9)19)16(21)11-2-3-12(17)13(18)7-11/h2-3,6-8H,4-5,19H2,1H3. The molecule has 0 radical (unpaired) electrons. The van der Waals surface area contributed by atoms with Crippen LogP contribution in [0.5, 0.6) is 0 Å². The molecule has 2 aromatic carbocycles. The number of nitrogens with two attached hydrogens (primary N) is 1. The van der Waals surface area contributed by atoms with Crippen LogP contribution in [0.3, 0.4) is 0 Å². The SMILES string of the molecule is Cc1cc2c(cc1N)N(C(=O)c1ccc(Cl)c(F)c1)CC2. The molecule has 3 nitrogen and oxygen atoms in total. The van der Waals surface area contributed by atoms with Gasteiger partial charge in [-0.1, -0.05) is 17.7 Å². The first-order valence-corrected chi connectivity index (χ1v) is 7.01. The molecule has 0 atom stereocenters. The summed E-state index contributed by atoms with van der Waals surface area (Å²) in [5, 5.41) is 0.00763. The van der Waals surface area contributed by atoms with Gasteiger partial charge in [0.2, 0.25) is 0 Å². The molecule has 0 spiro atoms. The fourth-order valence-corrected chi connectivity index (χ4v) is 2.69. The van der Waals surface area contributed by atoms with Crippen molar-refractivity contribution in [3.63, 3.8) is 0 Å². The van der Waals surface area contributed by atoms with Crippen LogP contribution in [0, 0.1) is 12.7 Å². The van der Waals surface area contributed by atoms with E-state index in [1.165, 1.54) is 18.2 Å². The lowest BCUT2D eigenvalue weighted by atomic mass is 10.1. The normalized spacial score (nSPS) is 13.4. The molecule has 1 heterocycles. The van der Waals surface area contributed by atoms with Crippen molar-refractivity contribution in [2.75, 3.05) is 17.2 Å². The maximum absolute atomic E-state index is 13.5. The number of carbonyl (C=O) groups is 1. The number of nitrogen functional groups attached to an aromatic ring is 1. The Balaban J connectivity index is 1.98. The van der Waals surface area contributed by atoms with Crippen molar-refractivity contribution in [2.24, 2.45) is 0 Å². The Kier molecular flexibility index (Phi) is 3.33. The molecule has 2 N–H and O–H groups in total. The van der Waals surface area contributed by atoms with E-state index in [1.807, 2.05) is 19.1 Å². The molecule has 1 aliphatic heterocycles. The molecule has 1 amide bonds. The highest BCUT2D eigenvalue weighted by atomic mass is 35.5. The van der Waals surface area contributed by atoms with Crippen molar-refractivity contribution < 1.29 is 9.18 Å². The lowest BCUT2D eigenvalue weighted by Crippen LogP contribution is -2.29. The summed E-state index contributed by atoms with van der Waals surface area (Å²) >= 11 is 5.65. The zero-order valence-electron chi connectivity index (χ0n) is 11.5. The predicted octanol–water partition coefficient (Wildman–Crippen LogP) is 3.57. The number of hydrogen-bond acceptors (Lipinski definition) is 2. The van der Waals surface area contributed by atoms with Crippen LogP contribution in [0.25, 0.3) is 0 Å². The molecular formula is C16H14ClFN2O. The van der Waals surface area contributed by atoms with Gasteiger partial charge in [-0.05, 0) is 48.7 Å². The number of amides is 1. The monoisotopic (exact) mass is 304 g/mol. The Morgan fingerprint density at radius 3 is 2.81 bits per heavy atom. The number of benzene rings is 2. The van der Waals surface area contributed by atoms with E-state index in [4.69, 9.17) is 17.3 Å². The highest BCUT2D eigenvalue weighted by molar-refractivity contribution is 6.30. The quantitative estimate of drug-likeness (QED) is 0.819. The van der Waals surface area contributed by atoms with Gasteiger partial charge in [0.05, 0.1) is 5.02 Å². The first-order chi connectivity index (χ1) is 9.97. The van der Waals surface area contributed by atoms with Crippen LogP contribution in [-0.2, 0) is 6.42 Å². The minimum absolute atomic E-state index is 0.00763. The maximum atomic E-state index is 13.5. The van der Waals surface area contributed by atoms with E-state index >= 15 is 0 Å². The van der Waals surface area contributed by atoms with Crippen molar-refractivity contribution in [2.45, 2.75) is 13.3 Å². The van der Waals surface area contributed by atoms with Gasteiger partial charge in [-0.15, -0.1) is 0 Å². The van der Waals surface area contributed by atoms with Gasteiger partial charge >= 0.3 is 0 Å². The van der Waals surface area contributed by atoms with Gasteiger partial charge in [-0.2, -0.15) is 0 Å². The van der Waals surface area contributed by atoms with Gasteiger partial charge in [-0.3, -0.25) is 4.79 Å². The molecule has 0 aromatic heterocycles. The number of anilines is 2. The van der Waals surface area contributed by atoms with Crippen molar-refractivity contribution in [3.05, 3.63) is 57.9 Å². The summed E-state index contributed by atoms with van der Waals surface area (Å²) < 4.78 is 13.5. The van der Waals surface area contributed by atoms with E-state index in [9.17, 15) is 9.18 Å². The van der Waals surface area contributed by atoms with Crippen molar-refractivity contribution in [1.29, 1.82) is 0 Å². The van der Waals surface area contributed by atoms with Crippen molar-refractivity contribution in [1.82, 2.24) is 0 Å². The van der Waals surface area contributed by atoms with E-state index in [0.29, 0.717) is 12.2 Å². The van der Waals surface area contributed by atoms with Gasteiger partial charge in [0.15, 0.2) is 0 Å². The number of aryl methyl sites for hydroxylation is 1. The second-order valence-corrected chi connectivity index (χ2v) is 5.58. The fourth-order valence-electron chi connectivity index (χ4n) is 2.57. The third-order valence-electron chi connectivity index (χ3n) is 3.77. The molecule has 108 valence electrons. The summed E-state index contributed by atoms with van der Waals surface area (Å²) in [6.45, 7) is 2.51. The summed E-state index contributed by atoms with van der Waals surface area (Å²) in [5.41, 5.74) is 9.74. The fraction of sp³-hybridized carbons (Fsp3) is 0.188. The second-order valence-electron chi connectivity index (χ2n) is 5.17. The van der Waals surface area contributed by atoms with Crippen LogP contribution in [0.1, 0.15) is 21.5 Å². The Labute approximate surface area is 127 Å². The lowest BCUT2D eigenvalue weighted by Gasteiger charge is -2.18. The Morgan fingerprint density at radius 1 is 1.33 bits per heavy atom. The van der Waals surface area contributed by atoms with Gasteiger partial charge in [0.25, 0.3) is 5.91 Å². The lowest BCUT2D eigenvalue weighted by molar-refractivity contribution is 0.0989. The van der Waals surface area contributed by atoms with Crippen LogP contribution >= 0.6 is 11.6 Å². The van der Waals surface area contributed by atoms with Crippen molar-refractivity contribution >= 4 is 28.9 Å². The van der Waals surface area contributed by atoms with E-state index in [-0.39, 0.29) is 16.5 Å². The minimum Gasteiger partial charge on any atom is -0.398 e. The number of halogens is 2. The van der Waals surface area contributed by atoms with Gasteiger partial charge in [-0.25, -0.2) is 4.39 Å². The molecule has 0 fully saturated rings. The molecular weight excluding hydrogens is 291 g/mol. The molecule has 1 aliphatic rings. The van der Waals surface area contributed by atoms with Crippen LogP contribution in [0.2, 0.25) is 5.02 Å². The first kappa shape index (κ1) is 13.9. The van der Waals surface area contributed by atoms with E-state index in [2.05, 4.69) is 0 Å². The molecule has 0 saturated carbocycles. The van der Waals surface area contributed by atoms with Crippen LogP contribution in [0.15, 0.2) is 30.3 Å². The Bertz CT molecular complexity index is 745.